The van der Waals surface area contributed by atoms with Crippen LogP contribution in [0.1, 0.15) is 36.8 Å². The Kier molecular flexibility index (Phi) is 8.62. The summed E-state index contributed by atoms with van der Waals surface area (Å²) in [5.41, 5.74) is 8.29. The van der Waals surface area contributed by atoms with Crippen molar-refractivity contribution < 1.29 is 14.7 Å². The number of nitrogens with one attached hydrogen (secondary N) is 2. The summed E-state index contributed by atoms with van der Waals surface area (Å²) in [6, 6.07) is 16.7. The third-order valence-corrected chi connectivity index (χ3v) is 6.13. The number of carbonyl (C=O) groups excluding carboxylic acids is 1. The highest BCUT2D eigenvalue weighted by Gasteiger charge is 2.24. The van der Waals surface area contributed by atoms with Gasteiger partial charge in [0.15, 0.2) is 0 Å². The van der Waals surface area contributed by atoms with Gasteiger partial charge >= 0.3 is 5.97 Å². The van der Waals surface area contributed by atoms with Gasteiger partial charge in [-0.1, -0.05) is 42.5 Å². The molecule has 2 aromatic carbocycles. The molecule has 166 valence electrons. The molecule has 1 aliphatic rings. The number of nitrogens with two attached hydrogens (primary N) is 1. The Hall–Kier alpha value is -2.70. The molecule has 0 heterocycles. The lowest BCUT2D eigenvalue weighted by molar-refractivity contribution is -0.136. The van der Waals surface area contributed by atoms with Crippen molar-refractivity contribution in [2.75, 3.05) is 18.4 Å². The third kappa shape index (κ3) is 7.49. The lowest BCUT2D eigenvalue weighted by Gasteiger charge is -2.29. The SMILES string of the molecule is NCC1CCC(CN[C@@H](Cc2ccccc2)C(=O)Nc2ccc(CC(=O)O)cc2)CC1. The molecule has 1 fully saturated rings. The number of anilines is 1. The topological polar surface area (TPSA) is 104 Å². The van der Waals surface area contributed by atoms with Crippen LogP contribution in [0.25, 0.3) is 0 Å². The zero-order valence-electron chi connectivity index (χ0n) is 17.9. The second-order valence-electron chi connectivity index (χ2n) is 8.53. The molecule has 1 aliphatic carbocycles. The molecule has 1 atom stereocenters. The van der Waals surface area contributed by atoms with Crippen LogP contribution in [0.15, 0.2) is 54.6 Å². The van der Waals surface area contributed by atoms with E-state index in [4.69, 9.17) is 10.8 Å². The first-order valence-electron chi connectivity index (χ1n) is 11.1. The Morgan fingerprint density at radius 2 is 1.58 bits per heavy atom. The molecule has 0 aromatic heterocycles. The van der Waals surface area contributed by atoms with Gasteiger partial charge in [-0.15, -0.1) is 0 Å². The van der Waals surface area contributed by atoms with Crippen LogP contribution in [-0.2, 0) is 22.4 Å². The van der Waals surface area contributed by atoms with Gasteiger partial charge in [0.25, 0.3) is 0 Å². The van der Waals surface area contributed by atoms with Gasteiger partial charge in [0.2, 0.25) is 5.91 Å². The molecular weight excluding hydrogens is 390 g/mol. The normalized spacial score (nSPS) is 19.5. The number of carbonyl (C=O) groups is 2. The minimum Gasteiger partial charge on any atom is -0.481 e. The number of carboxylic acids is 1. The van der Waals surface area contributed by atoms with Gasteiger partial charge in [-0.05, 0) is 80.3 Å². The van der Waals surface area contributed by atoms with Gasteiger partial charge < -0.3 is 21.5 Å². The lowest BCUT2D eigenvalue weighted by Crippen LogP contribution is -2.44. The Bertz CT molecular complexity index is 831. The molecule has 6 heteroatoms. The quantitative estimate of drug-likeness (QED) is 0.470. The van der Waals surface area contributed by atoms with Crippen molar-refractivity contribution in [3.05, 3.63) is 65.7 Å². The molecule has 1 saturated carbocycles. The summed E-state index contributed by atoms with van der Waals surface area (Å²) < 4.78 is 0. The molecule has 3 rings (SSSR count). The molecule has 0 aliphatic heterocycles. The smallest absolute Gasteiger partial charge is 0.307 e. The van der Waals surface area contributed by atoms with Gasteiger partial charge in [-0.2, -0.15) is 0 Å². The maximum Gasteiger partial charge on any atom is 0.307 e. The summed E-state index contributed by atoms with van der Waals surface area (Å²) in [6.45, 7) is 1.59. The third-order valence-electron chi connectivity index (χ3n) is 6.13. The molecule has 2 aromatic rings. The highest BCUT2D eigenvalue weighted by molar-refractivity contribution is 5.95. The van der Waals surface area contributed by atoms with E-state index in [1.54, 1.807) is 24.3 Å². The van der Waals surface area contributed by atoms with Gasteiger partial charge in [-0.3, -0.25) is 9.59 Å². The zero-order valence-corrected chi connectivity index (χ0v) is 17.9. The Morgan fingerprint density at radius 3 is 2.19 bits per heavy atom. The maximum atomic E-state index is 13.1. The van der Waals surface area contributed by atoms with Crippen molar-refractivity contribution >= 4 is 17.6 Å². The average molecular weight is 424 g/mol. The van der Waals surface area contributed by atoms with Crippen LogP contribution >= 0.6 is 0 Å². The van der Waals surface area contributed by atoms with Gasteiger partial charge in [0, 0.05) is 5.69 Å². The van der Waals surface area contributed by atoms with E-state index in [1.807, 2.05) is 30.3 Å². The van der Waals surface area contributed by atoms with Gasteiger partial charge in [0.05, 0.1) is 12.5 Å². The van der Waals surface area contributed by atoms with Crippen molar-refractivity contribution in [1.29, 1.82) is 0 Å². The standard InChI is InChI=1S/C25H33N3O3/c26-16-20-6-8-21(9-7-20)17-27-23(14-18-4-2-1-3-5-18)25(31)28-22-12-10-19(11-13-22)15-24(29)30/h1-5,10-13,20-21,23,27H,6-9,14-17,26H2,(H,28,31)(H,29,30)/t20?,21?,23-/m0/s1. The molecule has 5 N–H and O–H groups in total. The number of rotatable bonds is 10. The fourth-order valence-corrected chi connectivity index (χ4v) is 4.20. The fraction of sp³-hybridized carbons (Fsp3) is 0.440. The Morgan fingerprint density at radius 1 is 0.935 bits per heavy atom. The number of carboxylic acid groups (broad SMARTS) is 1. The van der Waals surface area contributed by atoms with Crippen LogP contribution in [0.5, 0.6) is 0 Å². The van der Waals surface area contributed by atoms with Crippen molar-refractivity contribution in [3.8, 4) is 0 Å². The van der Waals surface area contributed by atoms with Gasteiger partial charge in [-0.25, -0.2) is 0 Å². The molecule has 6 nitrogen and oxygen atoms in total. The average Bonchev–Trinajstić information content (AvgIpc) is 2.78. The van der Waals surface area contributed by atoms with E-state index in [-0.39, 0.29) is 18.4 Å². The minimum absolute atomic E-state index is 0.0290. The zero-order chi connectivity index (χ0) is 22.1. The number of hydrogen-bond acceptors (Lipinski definition) is 4. The van der Waals surface area contributed by atoms with Crippen molar-refractivity contribution in [2.45, 2.75) is 44.6 Å². The maximum absolute atomic E-state index is 13.1. The summed E-state index contributed by atoms with van der Waals surface area (Å²) >= 11 is 0. The van der Waals surface area contributed by atoms with Crippen molar-refractivity contribution in [3.63, 3.8) is 0 Å². The molecule has 0 spiro atoms. The van der Waals surface area contributed by atoms with E-state index < -0.39 is 5.97 Å². The predicted octanol–water partition coefficient (Wildman–Crippen LogP) is 3.22. The summed E-state index contributed by atoms with van der Waals surface area (Å²) in [7, 11) is 0. The molecule has 31 heavy (non-hydrogen) atoms. The van der Waals surface area contributed by atoms with Crippen LogP contribution in [0, 0.1) is 11.8 Å². The second kappa shape index (κ2) is 11.6. The summed E-state index contributed by atoms with van der Waals surface area (Å²) in [4.78, 5) is 23.9. The fourth-order valence-electron chi connectivity index (χ4n) is 4.20. The van der Waals surface area contributed by atoms with E-state index in [2.05, 4.69) is 10.6 Å². The summed E-state index contributed by atoms with van der Waals surface area (Å²) in [5.74, 6) is 0.267. The number of aliphatic carboxylic acids is 1. The van der Waals surface area contributed by atoms with Crippen LogP contribution in [0.4, 0.5) is 5.69 Å². The van der Waals surface area contributed by atoms with Gasteiger partial charge in [0.1, 0.15) is 0 Å². The molecule has 0 saturated heterocycles. The number of hydrogen-bond donors (Lipinski definition) is 4. The van der Waals surface area contributed by atoms with Crippen LogP contribution in [-0.4, -0.2) is 36.1 Å². The van der Waals surface area contributed by atoms with E-state index in [9.17, 15) is 9.59 Å². The van der Waals surface area contributed by atoms with Crippen molar-refractivity contribution in [2.24, 2.45) is 17.6 Å². The van der Waals surface area contributed by atoms with Crippen LogP contribution < -0.4 is 16.4 Å². The predicted molar refractivity (Wildman–Crippen MR) is 123 cm³/mol. The molecule has 0 bridgehead atoms. The summed E-state index contributed by atoms with van der Waals surface area (Å²) in [6.07, 6.45) is 5.22. The first-order valence-corrected chi connectivity index (χ1v) is 11.1. The van der Waals surface area contributed by atoms with Crippen molar-refractivity contribution in [1.82, 2.24) is 5.32 Å². The summed E-state index contributed by atoms with van der Waals surface area (Å²) in [5, 5.41) is 15.4. The second-order valence-corrected chi connectivity index (χ2v) is 8.53. The lowest BCUT2D eigenvalue weighted by atomic mass is 9.82. The molecule has 0 unspecified atom stereocenters. The minimum atomic E-state index is -0.871. The highest BCUT2D eigenvalue weighted by atomic mass is 16.4. The number of benzene rings is 2. The Balaban J connectivity index is 1.61. The Labute approximate surface area is 184 Å². The molecular formula is C25H33N3O3. The van der Waals surface area contributed by atoms with Crippen LogP contribution in [0.2, 0.25) is 0 Å². The first kappa shape index (κ1) is 23.0. The highest BCUT2D eigenvalue weighted by Crippen LogP contribution is 2.27. The molecule has 0 radical (unpaired) electrons. The van der Waals surface area contributed by atoms with E-state index in [0.29, 0.717) is 29.5 Å². The largest absolute Gasteiger partial charge is 0.481 e. The first-order chi connectivity index (χ1) is 15.0. The molecule has 1 amide bonds. The van der Waals surface area contributed by atoms with E-state index in [0.717, 1.165) is 31.5 Å². The van der Waals surface area contributed by atoms with E-state index in [1.165, 1.54) is 12.8 Å². The van der Waals surface area contributed by atoms with E-state index >= 15 is 0 Å². The monoisotopic (exact) mass is 423 g/mol. The van der Waals surface area contributed by atoms with Crippen LogP contribution in [0.3, 0.4) is 0 Å². The number of amides is 1.